The Morgan fingerprint density at radius 1 is 0.917 bits per heavy atom. The van der Waals surface area contributed by atoms with Gasteiger partial charge in [-0.3, -0.25) is 9.52 Å². The summed E-state index contributed by atoms with van der Waals surface area (Å²) in [5.74, 6) is -0.474. The van der Waals surface area contributed by atoms with Crippen LogP contribution in [-0.4, -0.2) is 35.9 Å². The SMILES string of the molecule is COc1ccc(S(=O)(=O)NC(C)C)cc1NC(=O)c1ccc(Cl)c(S(=O)(=O)Nc2ccccc2C)c1. The van der Waals surface area contributed by atoms with Crippen molar-refractivity contribution in [3.8, 4) is 5.75 Å². The second kappa shape index (κ2) is 10.9. The molecule has 3 aromatic carbocycles. The molecule has 0 fully saturated rings. The lowest BCUT2D eigenvalue weighted by Crippen LogP contribution is -2.30. The smallest absolute Gasteiger partial charge is 0.263 e. The summed E-state index contributed by atoms with van der Waals surface area (Å²) in [5, 5.41) is 2.51. The minimum Gasteiger partial charge on any atom is -0.495 e. The van der Waals surface area contributed by atoms with Crippen LogP contribution in [0.3, 0.4) is 0 Å². The standard InChI is InChI=1S/C24H26ClN3O6S2/c1-15(2)27-35(30,31)18-10-12-22(34-4)21(14-18)26-24(29)17-9-11-19(25)23(13-17)36(32,33)28-20-8-6-5-7-16(20)3/h5-15,27-28H,1-4H3,(H,26,29). The average Bonchev–Trinajstić information content (AvgIpc) is 2.79. The van der Waals surface area contributed by atoms with Gasteiger partial charge in [-0.2, -0.15) is 0 Å². The first-order chi connectivity index (χ1) is 16.8. The van der Waals surface area contributed by atoms with Crippen LogP contribution in [0.25, 0.3) is 0 Å². The predicted molar refractivity (Wildman–Crippen MR) is 140 cm³/mol. The van der Waals surface area contributed by atoms with Crippen LogP contribution in [0.5, 0.6) is 5.75 Å². The molecule has 0 spiro atoms. The number of aryl methyl sites for hydroxylation is 1. The molecule has 3 rings (SSSR count). The van der Waals surface area contributed by atoms with Gasteiger partial charge in [0.15, 0.2) is 0 Å². The Hall–Kier alpha value is -3.12. The molecule has 0 atom stereocenters. The summed E-state index contributed by atoms with van der Waals surface area (Å²) in [6.45, 7) is 5.12. The van der Waals surface area contributed by atoms with E-state index in [1.807, 2.05) is 0 Å². The van der Waals surface area contributed by atoms with E-state index in [0.29, 0.717) is 11.3 Å². The summed E-state index contributed by atoms with van der Waals surface area (Å²) in [6, 6.07) is 14.3. The molecule has 0 heterocycles. The molecule has 3 aromatic rings. The van der Waals surface area contributed by atoms with E-state index in [9.17, 15) is 21.6 Å². The summed E-state index contributed by atoms with van der Waals surface area (Å²) >= 11 is 6.17. The van der Waals surface area contributed by atoms with E-state index in [0.717, 1.165) is 6.07 Å². The van der Waals surface area contributed by atoms with Crippen molar-refractivity contribution in [3.63, 3.8) is 0 Å². The van der Waals surface area contributed by atoms with Gasteiger partial charge in [-0.05, 0) is 68.8 Å². The summed E-state index contributed by atoms with van der Waals surface area (Å²) < 4.78 is 61.4. The van der Waals surface area contributed by atoms with Crippen LogP contribution >= 0.6 is 11.6 Å². The lowest BCUT2D eigenvalue weighted by molar-refractivity contribution is 0.102. The van der Waals surface area contributed by atoms with E-state index in [4.69, 9.17) is 16.3 Å². The van der Waals surface area contributed by atoms with Crippen LogP contribution in [0.15, 0.2) is 70.5 Å². The number of amides is 1. The summed E-state index contributed by atoms with van der Waals surface area (Å²) in [4.78, 5) is 12.7. The first-order valence-corrected chi connectivity index (χ1v) is 14.1. The van der Waals surface area contributed by atoms with Gasteiger partial charge in [0.1, 0.15) is 10.6 Å². The summed E-state index contributed by atoms with van der Waals surface area (Å²) in [7, 11) is -6.58. The van der Waals surface area contributed by atoms with Gasteiger partial charge in [0.2, 0.25) is 10.0 Å². The molecule has 0 aliphatic carbocycles. The maximum absolute atomic E-state index is 13.0. The second-order valence-corrected chi connectivity index (χ2v) is 11.9. The summed E-state index contributed by atoms with van der Waals surface area (Å²) in [5.41, 5.74) is 1.16. The van der Waals surface area contributed by atoms with Gasteiger partial charge in [0.05, 0.1) is 28.4 Å². The molecule has 0 unspecified atom stereocenters. The number of benzene rings is 3. The molecule has 0 aliphatic rings. The normalized spacial score (nSPS) is 11.8. The first-order valence-electron chi connectivity index (χ1n) is 10.7. The Kier molecular flexibility index (Phi) is 8.29. The van der Waals surface area contributed by atoms with Crippen LogP contribution in [-0.2, 0) is 20.0 Å². The highest BCUT2D eigenvalue weighted by Gasteiger charge is 2.23. The minimum atomic E-state index is -4.12. The van der Waals surface area contributed by atoms with Gasteiger partial charge < -0.3 is 10.1 Å². The zero-order chi connectivity index (χ0) is 26.7. The third-order valence-electron chi connectivity index (χ3n) is 4.99. The fraction of sp³-hybridized carbons (Fsp3) is 0.208. The zero-order valence-corrected chi connectivity index (χ0v) is 22.4. The molecule has 0 saturated carbocycles. The lowest BCUT2D eigenvalue weighted by Gasteiger charge is -2.15. The van der Waals surface area contributed by atoms with Crippen LogP contribution in [0, 0.1) is 6.92 Å². The van der Waals surface area contributed by atoms with Gasteiger partial charge in [0.25, 0.3) is 15.9 Å². The lowest BCUT2D eigenvalue weighted by atomic mass is 10.2. The Balaban J connectivity index is 1.94. The van der Waals surface area contributed by atoms with Crippen molar-refractivity contribution in [1.29, 1.82) is 0 Å². The number of anilines is 2. The number of carbonyl (C=O) groups is 1. The Morgan fingerprint density at radius 2 is 1.61 bits per heavy atom. The number of halogens is 1. The molecule has 192 valence electrons. The Labute approximate surface area is 215 Å². The number of hydrogen-bond donors (Lipinski definition) is 3. The third kappa shape index (κ3) is 6.35. The molecule has 0 aromatic heterocycles. The Bertz CT molecular complexity index is 1510. The number of sulfonamides is 2. The Morgan fingerprint density at radius 3 is 2.25 bits per heavy atom. The van der Waals surface area contributed by atoms with Crippen molar-refractivity contribution in [2.45, 2.75) is 36.6 Å². The van der Waals surface area contributed by atoms with E-state index in [1.165, 1.54) is 37.4 Å². The molecule has 0 aliphatic heterocycles. The van der Waals surface area contributed by atoms with Crippen LogP contribution in [0.1, 0.15) is 29.8 Å². The van der Waals surface area contributed by atoms with Gasteiger partial charge in [0, 0.05) is 11.6 Å². The second-order valence-electron chi connectivity index (χ2n) is 8.16. The highest BCUT2D eigenvalue weighted by Crippen LogP contribution is 2.30. The van der Waals surface area contributed by atoms with Crippen molar-refractivity contribution >= 4 is 48.9 Å². The third-order valence-corrected chi connectivity index (χ3v) is 8.50. The highest BCUT2D eigenvalue weighted by atomic mass is 35.5. The topological polar surface area (TPSA) is 131 Å². The average molecular weight is 552 g/mol. The van der Waals surface area contributed by atoms with E-state index in [2.05, 4.69) is 14.8 Å². The van der Waals surface area contributed by atoms with Gasteiger partial charge in [-0.1, -0.05) is 29.8 Å². The molecular formula is C24H26ClN3O6S2. The van der Waals surface area contributed by atoms with Crippen molar-refractivity contribution in [3.05, 3.63) is 76.8 Å². The van der Waals surface area contributed by atoms with Crippen molar-refractivity contribution in [2.24, 2.45) is 0 Å². The van der Waals surface area contributed by atoms with E-state index >= 15 is 0 Å². The number of ether oxygens (including phenoxy) is 1. The van der Waals surface area contributed by atoms with Crippen molar-refractivity contribution in [1.82, 2.24) is 4.72 Å². The first kappa shape index (κ1) is 27.5. The number of methoxy groups -OCH3 is 1. The predicted octanol–water partition coefficient (Wildman–Crippen LogP) is 4.40. The van der Waals surface area contributed by atoms with Crippen LogP contribution in [0.4, 0.5) is 11.4 Å². The maximum Gasteiger partial charge on any atom is 0.263 e. The minimum absolute atomic E-state index is 0.0137. The van der Waals surface area contributed by atoms with Crippen molar-refractivity contribution < 1.29 is 26.4 Å². The molecule has 0 saturated heterocycles. The molecule has 0 radical (unpaired) electrons. The van der Waals surface area contributed by atoms with E-state index in [1.54, 1.807) is 45.0 Å². The van der Waals surface area contributed by atoms with E-state index < -0.39 is 26.0 Å². The van der Waals surface area contributed by atoms with Crippen molar-refractivity contribution in [2.75, 3.05) is 17.1 Å². The quantitative estimate of drug-likeness (QED) is 0.361. The van der Waals surface area contributed by atoms with Crippen LogP contribution < -0.4 is 19.5 Å². The number of hydrogen-bond acceptors (Lipinski definition) is 6. The highest BCUT2D eigenvalue weighted by molar-refractivity contribution is 7.92. The number of rotatable bonds is 9. The number of para-hydroxylation sites is 1. The summed E-state index contributed by atoms with van der Waals surface area (Å²) in [6.07, 6.45) is 0. The fourth-order valence-electron chi connectivity index (χ4n) is 3.26. The largest absolute Gasteiger partial charge is 0.495 e. The fourth-order valence-corrected chi connectivity index (χ4v) is 6.20. The molecule has 9 nitrogen and oxygen atoms in total. The molecule has 3 N–H and O–H groups in total. The van der Waals surface area contributed by atoms with Gasteiger partial charge >= 0.3 is 0 Å². The zero-order valence-electron chi connectivity index (χ0n) is 20.0. The molecule has 12 heteroatoms. The monoisotopic (exact) mass is 551 g/mol. The number of nitrogens with one attached hydrogen (secondary N) is 3. The van der Waals surface area contributed by atoms with Gasteiger partial charge in [-0.25, -0.2) is 21.6 Å². The maximum atomic E-state index is 13.0. The molecular weight excluding hydrogens is 526 g/mol. The van der Waals surface area contributed by atoms with Gasteiger partial charge in [-0.15, -0.1) is 0 Å². The molecule has 36 heavy (non-hydrogen) atoms. The van der Waals surface area contributed by atoms with E-state index in [-0.39, 0.29) is 37.9 Å². The molecule has 1 amide bonds. The molecule has 0 bridgehead atoms. The van der Waals surface area contributed by atoms with Crippen LogP contribution in [0.2, 0.25) is 5.02 Å². The number of carbonyl (C=O) groups excluding carboxylic acids is 1.